The highest BCUT2D eigenvalue weighted by Gasteiger charge is 2.25. The Hall–Kier alpha value is -3.28. The number of hydrogen-bond acceptors (Lipinski definition) is 2. The van der Waals surface area contributed by atoms with E-state index in [1.807, 2.05) is 0 Å². The van der Waals surface area contributed by atoms with Crippen molar-refractivity contribution >= 4 is 11.7 Å². The number of benzene rings is 2. The maximum Gasteiger partial charge on any atom is 0.322 e. The summed E-state index contributed by atoms with van der Waals surface area (Å²) >= 11 is 0. The number of amides is 2. The first-order valence-corrected chi connectivity index (χ1v) is 8.00. The van der Waals surface area contributed by atoms with Crippen molar-refractivity contribution < 1.29 is 13.6 Å². The van der Waals surface area contributed by atoms with E-state index in [0.717, 1.165) is 0 Å². The molecule has 0 saturated carbocycles. The van der Waals surface area contributed by atoms with E-state index in [9.17, 15) is 13.6 Å². The zero-order valence-corrected chi connectivity index (χ0v) is 14.1. The molecule has 6 heteroatoms. The molecule has 2 aromatic carbocycles. The van der Waals surface area contributed by atoms with Crippen LogP contribution < -0.4 is 5.32 Å². The summed E-state index contributed by atoms with van der Waals surface area (Å²) in [6, 6.07) is 15.9. The quantitative estimate of drug-likeness (QED) is 0.744. The number of urea groups is 1. The topological polar surface area (TPSA) is 45.2 Å². The van der Waals surface area contributed by atoms with E-state index in [1.54, 1.807) is 43.6 Å². The molecule has 0 radical (unpaired) electrons. The van der Waals surface area contributed by atoms with Gasteiger partial charge in [-0.05, 0) is 54.1 Å². The van der Waals surface area contributed by atoms with E-state index in [-0.39, 0.29) is 5.82 Å². The third-order valence-corrected chi connectivity index (χ3v) is 3.94. The Kier molecular flexibility index (Phi) is 5.22. The second-order valence-electron chi connectivity index (χ2n) is 5.76. The second-order valence-corrected chi connectivity index (χ2v) is 5.76. The fourth-order valence-corrected chi connectivity index (χ4v) is 2.67. The lowest BCUT2D eigenvalue weighted by Gasteiger charge is -2.28. The van der Waals surface area contributed by atoms with Crippen LogP contribution in [0.4, 0.5) is 19.3 Å². The van der Waals surface area contributed by atoms with Gasteiger partial charge >= 0.3 is 6.03 Å². The van der Waals surface area contributed by atoms with Crippen LogP contribution in [0.25, 0.3) is 0 Å². The largest absolute Gasteiger partial charge is 0.322 e. The fraction of sp³-hybridized carbons (Fsp3) is 0.100. The Morgan fingerprint density at radius 2 is 1.77 bits per heavy atom. The molecular formula is C20H17F2N3O. The molecule has 0 fully saturated rings. The van der Waals surface area contributed by atoms with Gasteiger partial charge < -0.3 is 10.2 Å². The first-order chi connectivity index (χ1) is 12.5. The van der Waals surface area contributed by atoms with Crippen LogP contribution in [-0.4, -0.2) is 23.0 Å². The van der Waals surface area contributed by atoms with Crippen molar-refractivity contribution in [1.29, 1.82) is 0 Å². The van der Waals surface area contributed by atoms with Gasteiger partial charge in [0.1, 0.15) is 17.7 Å². The Bertz CT molecular complexity index is 885. The number of rotatable bonds is 4. The molecule has 0 saturated heterocycles. The number of aromatic nitrogens is 1. The minimum Gasteiger partial charge on any atom is -0.315 e. The SMILES string of the molecule is CN(C(=O)Nc1ccc(F)cc1)C(c1cccc(F)c1)c1ccccn1. The highest BCUT2D eigenvalue weighted by Crippen LogP contribution is 2.27. The molecule has 0 spiro atoms. The van der Waals surface area contributed by atoms with Crippen molar-refractivity contribution in [2.45, 2.75) is 6.04 Å². The summed E-state index contributed by atoms with van der Waals surface area (Å²) in [5, 5.41) is 2.70. The van der Waals surface area contributed by atoms with Crippen LogP contribution in [0, 0.1) is 11.6 Å². The van der Waals surface area contributed by atoms with E-state index in [1.165, 1.54) is 41.3 Å². The lowest BCUT2D eigenvalue weighted by atomic mass is 10.0. The second kappa shape index (κ2) is 7.74. The van der Waals surface area contributed by atoms with Crippen LogP contribution in [0.5, 0.6) is 0 Å². The molecule has 1 N–H and O–H groups in total. The van der Waals surface area contributed by atoms with Crippen molar-refractivity contribution in [3.05, 3.63) is 95.8 Å². The standard InChI is InChI=1S/C20H17F2N3O/c1-25(20(26)24-17-10-8-15(21)9-11-17)19(18-7-2-3-12-23-18)14-5-4-6-16(22)13-14/h2-13,19H,1H3,(H,24,26). The Labute approximate surface area is 150 Å². The molecule has 1 aromatic heterocycles. The molecule has 0 aliphatic rings. The molecular weight excluding hydrogens is 336 g/mol. The van der Waals surface area contributed by atoms with E-state index in [4.69, 9.17) is 0 Å². The summed E-state index contributed by atoms with van der Waals surface area (Å²) in [6.45, 7) is 0. The van der Waals surface area contributed by atoms with Gasteiger partial charge in [-0.1, -0.05) is 18.2 Å². The van der Waals surface area contributed by atoms with E-state index < -0.39 is 17.9 Å². The van der Waals surface area contributed by atoms with E-state index in [2.05, 4.69) is 10.3 Å². The smallest absolute Gasteiger partial charge is 0.315 e. The summed E-state index contributed by atoms with van der Waals surface area (Å²) in [5.74, 6) is -0.779. The van der Waals surface area contributed by atoms with Gasteiger partial charge in [0.25, 0.3) is 0 Å². The minimum absolute atomic E-state index is 0.387. The molecule has 132 valence electrons. The van der Waals surface area contributed by atoms with Gasteiger partial charge in [0.15, 0.2) is 0 Å². The number of halogens is 2. The monoisotopic (exact) mass is 353 g/mol. The van der Waals surface area contributed by atoms with Gasteiger partial charge in [-0.3, -0.25) is 4.98 Å². The number of carbonyl (C=O) groups is 1. The van der Waals surface area contributed by atoms with Crippen LogP contribution in [0.15, 0.2) is 72.9 Å². The van der Waals surface area contributed by atoms with Crippen molar-refractivity contribution in [2.24, 2.45) is 0 Å². The molecule has 1 atom stereocenters. The average Bonchev–Trinajstić information content (AvgIpc) is 2.65. The van der Waals surface area contributed by atoms with E-state index >= 15 is 0 Å². The van der Waals surface area contributed by atoms with Crippen LogP contribution in [0.3, 0.4) is 0 Å². The van der Waals surface area contributed by atoms with Crippen molar-refractivity contribution in [1.82, 2.24) is 9.88 Å². The molecule has 0 bridgehead atoms. The van der Waals surface area contributed by atoms with Gasteiger partial charge in [0.05, 0.1) is 5.69 Å². The molecule has 3 aromatic rings. The van der Waals surface area contributed by atoms with Crippen LogP contribution in [0.2, 0.25) is 0 Å². The average molecular weight is 353 g/mol. The number of carbonyl (C=O) groups excluding carboxylic acids is 1. The Balaban J connectivity index is 1.90. The maximum atomic E-state index is 13.7. The van der Waals surface area contributed by atoms with E-state index in [0.29, 0.717) is 16.9 Å². The normalized spacial score (nSPS) is 11.7. The number of nitrogens with one attached hydrogen (secondary N) is 1. The molecule has 1 unspecified atom stereocenters. The summed E-state index contributed by atoms with van der Waals surface area (Å²) in [6.07, 6.45) is 1.62. The number of hydrogen-bond donors (Lipinski definition) is 1. The van der Waals surface area contributed by atoms with Crippen LogP contribution in [-0.2, 0) is 0 Å². The predicted molar refractivity (Wildman–Crippen MR) is 95.7 cm³/mol. The molecule has 0 aliphatic heterocycles. The molecule has 1 heterocycles. The molecule has 4 nitrogen and oxygen atoms in total. The number of pyridine rings is 1. The van der Waals surface area contributed by atoms with Gasteiger partial charge in [-0.2, -0.15) is 0 Å². The molecule has 0 aliphatic carbocycles. The lowest BCUT2D eigenvalue weighted by Crippen LogP contribution is -2.35. The third-order valence-electron chi connectivity index (χ3n) is 3.94. The number of anilines is 1. The predicted octanol–water partition coefficient (Wildman–Crippen LogP) is 4.61. The molecule has 2 amide bonds. The zero-order valence-electron chi connectivity index (χ0n) is 14.1. The molecule has 26 heavy (non-hydrogen) atoms. The summed E-state index contributed by atoms with van der Waals surface area (Å²) < 4.78 is 26.7. The highest BCUT2D eigenvalue weighted by molar-refractivity contribution is 5.89. The Morgan fingerprint density at radius 1 is 1.00 bits per heavy atom. The minimum atomic E-state index is -0.577. The van der Waals surface area contributed by atoms with Gasteiger partial charge in [-0.25, -0.2) is 13.6 Å². The summed E-state index contributed by atoms with van der Waals surface area (Å²) in [4.78, 5) is 18.4. The fourth-order valence-electron chi connectivity index (χ4n) is 2.67. The van der Waals surface area contributed by atoms with Gasteiger partial charge in [-0.15, -0.1) is 0 Å². The summed E-state index contributed by atoms with van der Waals surface area (Å²) in [5.41, 5.74) is 1.66. The summed E-state index contributed by atoms with van der Waals surface area (Å²) in [7, 11) is 1.60. The lowest BCUT2D eigenvalue weighted by molar-refractivity contribution is 0.211. The highest BCUT2D eigenvalue weighted by atomic mass is 19.1. The number of nitrogens with zero attached hydrogens (tertiary/aromatic N) is 2. The van der Waals surface area contributed by atoms with Gasteiger partial charge in [0.2, 0.25) is 0 Å². The Morgan fingerprint density at radius 3 is 2.42 bits per heavy atom. The first-order valence-electron chi connectivity index (χ1n) is 8.00. The first kappa shape index (κ1) is 17.5. The van der Waals surface area contributed by atoms with Crippen molar-refractivity contribution in [3.8, 4) is 0 Å². The van der Waals surface area contributed by atoms with Crippen LogP contribution >= 0.6 is 0 Å². The molecule has 3 rings (SSSR count). The maximum absolute atomic E-state index is 13.7. The van der Waals surface area contributed by atoms with Crippen molar-refractivity contribution in [2.75, 3.05) is 12.4 Å². The van der Waals surface area contributed by atoms with Crippen molar-refractivity contribution in [3.63, 3.8) is 0 Å². The van der Waals surface area contributed by atoms with Gasteiger partial charge in [0, 0.05) is 18.9 Å². The zero-order chi connectivity index (χ0) is 18.5. The van der Waals surface area contributed by atoms with Crippen LogP contribution in [0.1, 0.15) is 17.3 Å². The third kappa shape index (κ3) is 4.03.